The van der Waals surface area contributed by atoms with E-state index in [0.29, 0.717) is 11.3 Å². The molecule has 1 saturated carbocycles. The van der Waals surface area contributed by atoms with Crippen LogP contribution in [0.4, 0.5) is 5.69 Å². The largest absolute Gasteiger partial charge is 0.504 e. The lowest BCUT2D eigenvalue weighted by molar-refractivity contribution is -0.173. The van der Waals surface area contributed by atoms with Gasteiger partial charge < -0.3 is 9.84 Å². The van der Waals surface area contributed by atoms with E-state index >= 15 is 0 Å². The molecule has 6 atom stereocenters. The Hall–Kier alpha value is -3.98. The van der Waals surface area contributed by atoms with Crippen molar-refractivity contribution in [2.45, 2.75) is 25.7 Å². The second kappa shape index (κ2) is 8.01. The van der Waals surface area contributed by atoms with Crippen LogP contribution in [0, 0.1) is 29.1 Å². The number of hydrogen-bond donors (Lipinski definition) is 2. The third-order valence-electron chi connectivity index (χ3n) is 8.80. The highest BCUT2D eigenvalue weighted by Crippen LogP contribution is 2.63. The van der Waals surface area contributed by atoms with Crippen LogP contribution in [0.1, 0.15) is 31.2 Å². The van der Waals surface area contributed by atoms with Crippen LogP contribution in [0.25, 0.3) is 0 Å². The summed E-state index contributed by atoms with van der Waals surface area (Å²) in [5, 5.41) is 20.9. The normalized spacial score (nSPS) is 32.7. The number of fused-ring (bicyclic) bond motifs is 4. The highest BCUT2D eigenvalue weighted by atomic mass is 16.5. The molecule has 2 saturated heterocycles. The van der Waals surface area contributed by atoms with Gasteiger partial charge in [0.1, 0.15) is 0 Å². The average molecular weight is 503 g/mol. The van der Waals surface area contributed by atoms with E-state index < -0.39 is 46.8 Å². The number of nitrogens with zero attached hydrogens (tertiary/aromatic N) is 2. The lowest BCUT2D eigenvalue weighted by atomic mass is 9.51. The number of imide groups is 2. The summed E-state index contributed by atoms with van der Waals surface area (Å²) in [4.78, 5) is 54.8. The molecule has 0 spiro atoms. The first kappa shape index (κ1) is 23.4. The Morgan fingerprint density at radius 2 is 1.70 bits per heavy atom. The van der Waals surface area contributed by atoms with Crippen LogP contribution in [0.5, 0.6) is 11.5 Å². The standard InChI is InChI=1S/C28H26N2O7/c1-28-19(25(33)29(27(28)35)15-6-4-3-5-7-15)13-18-16(9-10-17-22(18)26(34)30(36)24(17)32)23(28)14-8-11-21(37-2)20(31)12-14/h3-9,11-12,17-19,22-23,31,36H,10,13H2,1-2H3. The van der Waals surface area contributed by atoms with Gasteiger partial charge in [0.25, 0.3) is 11.8 Å². The van der Waals surface area contributed by atoms with E-state index in [2.05, 4.69) is 0 Å². The summed E-state index contributed by atoms with van der Waals surface area (Å²) in [6.07, 6.45) is 2.32. The van der Waals surface area contributed by atoms with Crippen LogP contribution in [0.2, 0.25) is 0 Å². The molecule has 2 heterocycles. The van der Waals surface area contributed by atoms with Crippen molar-refractivity contribution in [3.8, 4) is 11.5 Å². The molecule has 2 aliphatic heterocycles. The van der Waals surface area contributed by atoms with Crippen LogP contribution in [0.3, 0.4) is 0 Å². The first-order chi connectivity index (χ1) is 17.7. The number of carbonyl (C=O) groups excluding carboxylic acids is 4. The molecule has 6 unspecified atom stereocenters. The molecule has 3 fully saturated rings. The number of allylic oxidation sites excluding steroid dienone is 2. The second-order valence-electron chi connectivity index (χ2n) is 10.4. The number of phenols is 1. The lowest BCUT2D eigenvalue weighted by Crippen LogP contribution is -2.48. The van der Waals surface area contributed by atoms with E-state index in [1.807, 2.05) is 6.08 Å². The fourth-order valence-electron chi connectivity index (χ4n) is 7.09. The van der Waals surface area contributed by atoms with Crippen molar-refractivity contribution in [3.63, 3.8) is 0 Å². The average Bonchev–Trinajstić information content (AvgIpc) is 3.24. The van der Waals surface area contributed by atoms with Crippen molar-refractivity contribution in [2.24, 2.45) is 29.1 Å². The van der Waals surface area contributed by atoms with Gasteiger partial charge in [0, 0.05) is 5.92 Å². The van der Waals surface area contributed by atoms with E-state index in [1.54, 1.807) is 49.4 Å². The number of hydrogen-bond acceptors (Lipinski definition) is 7. The molecule has 2 aliphatic carbocycles. The molecule has 6 rings (SSSR count). The third-order valence-corrected chi connectivity index (χ3v) is 8.80. The van der Waals surface area contributed by atoms with Gasteiger partial charge in [-0.05, 0) is 55.5 Å². The van der Waals surface area contributed by atoms with E-state index in [4.69, 9.17) is 4.74 Å². The molecule has 9 nitrogen and oxygen atoms in total. The van der Waals surface area contributed by atoms with Gasteiger partial charge in [-0.1, -0.05) is 35.9 Å². The molecule has 37 heavy (non-hydrogen) atoms. The van der Waals surface area contributed by atoms with Gasteiger partial charge in [-0.25, -0.2) is 4.90 Å². The zero-order valence-corrected chi connectivity index (χ0v) is 20.3. The number of amides is 4. The zero-order valence-electron chi connectivity index (χ0n) is 20.3. The molecule has 0 bridgehead atoms. The van der Waals surface area contributed by atoms with Gasteiger partial charge in [-0.15, -0.1) is 0 Å². The van der Waals surface area contributed by atoms with Gasteiger partial charge in [0.05, 0.1) is 36.0 Å². The predicted octanol–water partition coefficient (Wildman–Crippen LogP) is 3.02. The highest BCUT2D eigenvalue weighted by Gasteiger charge is 2.67. The molecule has 4 aliphatic rings. The summed E-state index contributed by atoms with van der Waals surface area (Å²) in [5.41, 5.74) is 0.645. The number of carbonyl (C=O) groups is 4. The van der Waals surface area contributed by atoms with Gasteiger partial charge in [0.15, 0.2) is 11.5 Å². The molecule has 2 aromatic carbocycles. The lowest BCUT2D eigenvalue weighted by Gasteiger charge is -2.49. The highest BCUT2D eigenvalue weighted by molar-refractivity contribution is 6.24. The van der Waals surface area contributed by atoms with E-state index in [1.165, 1.54) is 18.1 Å². The summed E-state index contributed by atoms with van der Waals surface area (Å²) in [7, 11) is 1.44. The maximum atomic E-state index is 14.2. The van der Waals surface area contributed by atoms with Crippen molar-refractivity contribution < 1.29 is 34.2 Å². The first-order valence-corrected chi connectivity index (χ1v) is 12.3. The molecule has 9 heteroatoms. The number of para-hydroxylation sites is 1. The quantitative estimate of drug-likeness (QED) is 0.376. The van der Waals surface area contributed by atoms with Crippen LogP contribution in [0.15, 0.2) is 60.2 Å². The Balaban J connectivity index is 1.54. The van der Waals surface area contributed by atoms with Crippen LogP contribution < -0.4 is 9.64 Å². The fraction of sp³-hybridized carbons (Fsp3) is 0.357. The monoisotopic (exact) mass is 502 g/mol. The maximum Gasteiger partial charge on any atom is 0.257 e. The number of ether oxygens (including phenoxy) is 1. The second-order valence-corrected chi connectivity index (χ2v) is 10.4. The van der Waals surface area contributed by atoms with Gasteiger partial charge in [-0.3, -0.25) is 24.4 Å². The number of methoxy groups -OCH3 is 1. The third kappa shape index (κ3) is 3.00. The molecule has 0 aromatic heterocycles. The van der Waals surface area contributed by atoms with Gasteiger partial charge in [0.2, 0.25) is 11.8 Å². The zero-order chi connectivity index (χ0) is 26.2. The number of anilines is 1. The Labute approximate surface area is 212 Å². The molecule has 2 aromatic rings. The van der Waals surface area contributed by atoms with E-state index in [9.17, 15) is 29.5 Å². The topological polar surface area (TPSA) is 124 Å². The Bertz CT molecular complexity index is 1390. The Kier molecular flexibility index (Phi) is 5.07. The summed E-state index contributed by atoms with van der Waals surface area (Å²) in [6, 6.07) is 13.6. The Morgan fingerprint density at radius 3 is 2.38 bits per heavy atom. The first-order valence-electron chi connectivity index (χ1n) is 12.3. The maximum absolute atomic E-state index is 14.2. The molecule has 2 N–H and O–H groups in total. The number of benzene rings is 2. The fourth-order valence-corrected chi connectivity index (χ4v) is 7.09. The van der Waals surface area contributed by atoms with E-state index in [0.717, 1.165) is 5.57 Å². The summed E-state index contributed by atoms with van der Waals surface area (Å²) < 4.78 is 5.20. The molecule has 0 radical (unpaired) electrons. The van der Waals surface area contributed by atoms with Crippen LogP contribution >= 0.6 is 0 Å². The minimum Gasteiger partial charge on any atom is -0.504 e. The van der Waals surface area contributed by atoms with Crippen molar-refractivity contribution in [3.05, 3.63) is 65.7 Å². The Morgan fingerprint density at radius 1 is 0.973 bits per heavy atom. The van der Waals surface area contributed by atoms with Gasteiger partial charge >= 0.3 is 0 Å². The predicted molar refractivity (Wildman–Crippen MR) is 129 cm³/mol. The van der Waals surface area contributed by atoms with Crippen molar-refractivity contribution >= 4 is 29.3 Å². The van der Waals surface area contributed by atoms with Crippen molar-refractivity contribution in [1.82, 2.24) is 5.06 Å². The van der Waals surface area contributed by atoms with Crippen molar-refractivity contribution in [2.75, 3.05) is 12.0 Å². The summed E-state index contributed by atoms with van der Waals surface area (Å²) in [6.45, 7) is 1.77. The molecule has 190 valence electrons. The molecular weight excluding hydrogens is 476 g/mol. The number of phenolic OH excluding ortho intramolecular Hbond substituents is 1. The van der Waals surface area contributed by atoms with Crippen LogP contribution in [-0.2, 0) is 19.2 Å². The SMILES string of the molecule is COc1ccc(C2C3=CCC4C(=O)N(O)C(=O)C4C3CC3C(=O)N(c4ccccc4)C(=O)C32C)cc1O. The molecular formula is C28H26N2O7. The number of aromatic hydroxyl groups is 1. The summed E-state index contributed by atoms with van der Waals surface area (Å²) in [5.74, 6) is -5.34. The smallest absolute Gasteiger partial charge is 0.257 e. The summed E-state index contributed by atoms with van der Waals surface area (Å²) >= 11 is 0. The van der Waals surface area contributed by atoms with Crippen molar-refractivity contribution in [1.29, 1.82) is 0 Å². The minimum atomic E-state index is -1.20. The number of rotatable bonds is 3. The van der Waals surface area contributed by atoms with Crippen LogP contribution in [-0.4, -0.2) is 46.1 Å². The molecule has 4 amide bonds. The minimum absolute atomic E-state index is 0.109. The van der Waals surface area contributed by atoms with Gasteiger partial charge in [-0.2, -0.15) is 5.06 Å². The van der Waals surface area contributed by atoms with E-state index in [-0.39, 0.29) is 41.2 Å². The number of hydroxylamine groups is 2.